The smallest absolute Gasteiger partial charge is 0.416 e. The number of aldehydes is 1. The van der Waals surface area contributed by atoms with E-state index in [0.717, 1.165) is 0 Å². The van der Waals surface area contributed by atoms with Crippen molar-refractivity contribution in [2.45, 2.75) is 126 Å². The van der Waals surface area contributed by atoms with Crippen molar-refractivity contribution in [3.63, 3.8) is 0 Å². The Balaban J connectivity index is 0.000000244. The molecule has 95 heavy (non-hydrogen) atoms. The molecule has 2 fully saturated rings. The van der Waals surface area contributed by atoms with Crippen LogP contribution < -0.4 is 10.6 Å². The molecule has 0 saturated carbocycles. The third kappa shape index (κ3) is 17.4. The van der Waals surface area contributed by atoms with Gasteiger partial charge in [0.2, 0.25) is 11.8 Å². The monoisotopic (exact) mass is 1340 g/mol. The number of oxazole rings is 1. The summed E-state index contributed by atoms with van der Waals surface area (Å²) in [7, 11) is 0. The van der Waals surface area contributed by atoms with Gasteiger partial charge in [0.25, 0.3) is 0 Å². The number of amides is 4. The lowest BCUT2D eigenvalue weighted by Gasteiger charge is -2.52. The minimum atomic E-state index is -5.05. The molecule has 4 amide bonds. The fourth-order valence-corrected chi connectivity index (χ4v) is 11.6. The number of hydrogen-bond acceptors (Lipinski definition) is 11. The summed E-state index contributed by atoms with van der Waals surface area (Å²) in [6.45, 7) is 3.61. The second-order valence-electron chi connectivity index (χ2n) is 23.2. The number of likely N-dealkylation sites (tertiary alicyclic amines) is 2. The second-order valence-corrected chi connectivity index (χ2v) is 23.2. The standard InChI is InChI=1S/C35H33F6N3O5.C33H32F6N2O5/c1-23(26-15-28(34(36,37)38)17-29(16-26)35(39,40)41)48-21-33(27-11-7-4-8-12-27)14-13-32(43-24(2)45,30-18-42-22-49-30)20-44(33)31(46)47-19-25-9-5-3-6-10-25;1-22(25-15-27(32(34,35)36)17-28(16-25)33(37,38)39)46-21-31(26-11-7-4-8-12-26)14-13-30(20-42,40-23(2)43)19-41(31)29(44)45-18-24-9-5-3-6-10-24/h3-12,15-18,22-23H,13-14,19-21H2,1-2H3,(H,43,45);3-12,15-17,20,22H,13-14,18-19,21H2,1-2H3,(H,40,43)/t23-,32?,33-;22-,30?,31-/m11/s1. The quantitative estimate of drug-likeness (QED) is 0.0617. The summed E-state index contributed by atoms with van der Waals surface area (Å²) in [5.41, 5.74) is -9.73. The van der Waals surface area contributed by atoms with Crippen molar-refractivity contribution in [3.05, 3.63) is 232 Å². The number of alkyl halides is 12. The molecule has 27 heteroatoms. The molecular formula is C68H65F12N5O10. The Bertz CT molecular complexity index is 3690. The number of nitrogens with one attached hydrogen (secondary N) is 2. The molecule has 2 aliphatic rings. The number of carbonyl (C=O) groups is 5. The summed E-state index contributed by atoms with van der Waals surface area (Å²) >= 11 is 0. The van der Waals surface area contributed by atoms with Crippen LogP contribution in [-0.2, 0) is 87.9 Å². The van der Waals surface area contributed by atoms with Crippen LogP contribution in [0, 0.1) is 0 Å². The number of rotatable bonds is 18. The van der Waals surface area contributed by atoms with Crippen LogP contribution in [0.5, 0.6) is 0 Å². The number of carbonyl (C=O) groups excluding carboxylic acids is 5. The summed E-state index contributed by atoms with van der Waals surface area (Å²) in [5, 5.41) is 5.51. The van der Waals surface area contributed by atoms with Gasteiger partial charge in [0.05, 0.1) is 78.0 Å². The lowest BCUT2D eigenvalue weighted by atomic mass is 9.73. The molecule has 6 aromatic carbocycles. The molecule has 0 spiro atoms. The normalized spacial score (nSPS) is 20.7. The average Bonchev–Trinajstić information content (AvgIpc) is 1.40. The fourth-order valence-electron chi connectivity index (χ4n) is 11.6. The van der Waals surface area contributed by atoms with E-state index in [1.807, 2.05) is 0 Å². The molecule has 6 atom stereocenters. The Labute approximate surface area is 537 Å². The van der Waals surface area contributed by atoms with Gasteiger partial charge in [0.15, 0.2) is 12.2 Å². The molecule has 15 nitrogen and oxygen atoms in total. The number of ether oxygens (including phenoxy) is 4. The van der Waals surface area contributed by atoms with E-state index in [2.05, 4.69) is 15.6 Å². The first kappa shape index (κ1) is 71.6. The van der Waals surface area contributed by atoms with Crippen LogP contribution in [0.25, 0.3) is 0 Å². The summed E-state index contributed by atoms with van der Waals surface area (Å²) in [4.78, 5) is 71.6. The van der Waals surface area contributed by atoms with Crippen LogP contribution in [0.1, 0.15) is 127 Å². The molecule has 2 unspecified atom stereocenters. The van der Waals surface area contributed by atoms with Crippen molar-refractivity contribution in [3.8, 4) is 0 Å². The predicted octanol–water partition coefficient (Wildman–Crippen LogP) is 15.4. The van der Waals surface area contributed by atoms with Gasteiger partial charge in [-0.25, -0.2) is 14.6 Å². The van der Waals surface area contributed by atoms with Gasteiger partial charge in [-0.15, -0.1) is 0 Å². The maximum absolute atomic E-state index is 14.2. The van der Waals surface area contributed by atoms with Crippen LogP contribution in [-0.4, -0.2) is 76.9 Å². The highest BCUT2D eigenvalue weighted by atomic mass is 19.4. The lowest BCUT2D eigenvalue weighted by molar-refractivity contribution is -0.145. The first-order valence-electron chi connectivity index (χ1n) is 29.5. The fraction of sp³-hybridized carbons (Fsp3) is 0.353. The summed E-state index contributed by atoms with van der Waals surface area (Å²) in [5.74, 6) is -0.675. The number of nitrogens with zero attached hydrogens (tertiary/aromatic N) is 3. The summed E-state index contributed by atoms with van der Waals surface area (Å²) < 4.78 is 193. The molecule has 7 aromatic rings. The minimum Gasteiger partial charge on any atom is -0.446 e. The van der Waals surface area contributed by atoms with E-state index in [-0.39, 0.29) is 87.6 Å². The predicted molar refractivity (Wildman–Crippen MR) is 318 cm³/mol. The molecule has 0 bridgehead atoms. The number of benzene rings is 6. The molecule has 2 N–H and O–H groups in total. The second kappa shape index (κ2) is 29.2. The van der Waals surface area contributed by atoms with Crippen LogP contribution in [0.15, 0.2) is 175 Å². The van der Waals surface area contributed by atoms with Crippen molar-refractivity contribution >= 4 is 30.3 Å². The molecule has 0 aliphatic carbocycles. The molecule has 9 rings (SSSR count). The van der Waals surface area contributed by atoms with Gasteiger partial charge in [-0.1, -0.05) is 121 Å². The highest BCUT2D eigenvalue weighted by Crippen LogP contribution is 2.48. The van der Waals surface area contributed by atoms with Crippen molar-refractivity contribution < 1.29 is 100 Å². The van der Waals surface area contributed by atoms with Gasteiger partial charge in [0, 0.05) is 13.8 Å². The Kier molecular flexibility index (Phi) is 22.0. The zero-order valence-electron chi connectivity index (χ0n) is 51.4. The van der Waals surface area contributed by atoms with E-state index in [0.29, 0.717) is 52.8 Å². The Morgan fingerprint density at radius 3 is 1.24 bits per heavy atom. The van der Waals surface area contributed by atoms with Crippen molar-refractivity contribution in [1.82, 2.24) is 25.4 Å². The molecule has 1 aromatic heterocycles. The van der Waals surface area contributed by atoms with Crippen molar-refractivity contribution in [1.29, 1.82) is 0 Å². The largest absolute Gasteiger partial charge is 0.446 e. The third-order valence-electron chi connectivity index (χ3n) is 16.6. The van der Waals surface area contributed by atoms with Crippen LogP contribution in [0.2, 0.25) is 0 Å². The molecular weight excluding hydrogens is 1270 g/mol. The SMILES string of the molecule is CC(=O)NC1(C=O)CC[C@@](CO[C@H](C)c2cc(C(F)(F)F)cc(C(F)(F)F)c2)(c2ccccc2)N(C(=O)OCc2ccccc2)C1.CC(=O)NC1(c2cnco2)CC[C@@](CO[C@H](C)c2cc(C(F)(F)F)cc(C(F)(F)F)c2)(c2ccccc2)N(C(=O)OCc2ccccc2)C1. The van der Waals surface area contributed by atoms with Crippen LogP contribution in [0.3, 0.4) is 0 Å². The Morgan fingerprint density at radius 2 is 0.895 bits per heavy atom. The van der Waals surface area contributed by atoms with Gasteiger partial charge in [-0.2, -0.15) is 52.7 Å². The molecule has 0 radical (unpaired) electrons. The van der Waals surface area contributed by atoms with Gasteiger partial charge >= 0.3 is 36.9 Å². The van der Waals surface area contributed by atoms with Gasteiger partial charge in [0.1, 0.15) is 30.6 Å². The molecule has 506 valence electrons. The van der Waals surface area contributed by atoms with Gasteiger partial charge in [-0.3, -0.25) is 19.4 Å². The minimum absolute atomic E-state index is 0.0135. The van der Waals surface area contributed by atoms with Crippen LogP contribution in [0.4, 0.5) is 62.3 Å². The summed E-state index contributed by atoms with van der Waals surface area (Å²) in [6, 6.07) is 37.3. The first-order valence-corrected chi connectivity index (χ1v) is 29.5. The number of piperidine rings is 2. The maximum Gasteiger partial charge on any atom is 0.416 e. The molecule has 2 saturated heterocycles. The first-order chi connectivity index (χ1) is 44.7. The number of hydrogen-bond donors (Lipinski definition) is 2. The number of aromatic nitrogens is 1. The topological polar surface area (TPSA) is 179 Å². The van der Waals surface area contributed by atoms with E-state index in [9.17, 15) is 76.7 Å². The zero-order valence-corrected chi connectivity index (χ0v) is 51.4. The highest BCUT2D eigenvalue weighted by Gasteiger charge is 2.56. The van der Waals surface area contributed by atoms with E-state index < -0.39 is 112 Å². The molecule has 3 heterocycles. The average molecular weight is 1340 g/mol. The lowest BCUT2D eigenvalue weighted by Crippen LogP contribution is -2.67. The molecule has 2 aliphatic heterocycles. The number of halogens is 12. The van der Waals surface area contributed by atoms with Crippen molar-refractivity contribution in [2.75, 3.05) is 26.3 Å². The van der Waals surface area contributed by atoms with E-state index in [4.69, 9.17) is 23.4 Å². The Morgan fingerprint density at radius 1 is 0.526 bits per heavy atom. The van der Waals surface area contributed by atoms with Crippen LogP contribution >= 0.6 is 0 Å². The van der Waals surface area contributed by atoms with Gasteiger partial charge < -0.3 is 38.8 Å². The van der Waals surface area contributed by atoms with E-state index >= 15 is 0 Å². The third-order valence-corrected chi connectivity index (χ3v) is 16.6. The van der Waals surface area contributed by atoms with E-state index in [1.165, 1.54) is 50.1 Å². The Hall–Kier alpha value is -9.24. The highest BCUT2D eigenvalue weighted by molar-refractivity contribution is 5.81. The summed E-state index contributed by atoms with van der Waals surface area (Å²) in [6.07, 6.45) is -21.0. The van der Waals surface area contributed by atoms with Gasteiger partial charge in [-0.05, 0) is 109 Å². The zero-order chi connectivity index (χ0) is 69.2. The van der Waals surface area contributed by atoms with E-state index in [1.54, 1.807) is 121 Å². The van der Waals surface area contributed by atoms with Crippen molar-refractivity contribution in [2.24, 2.45) is 0 Å². The maximum atomic E-state index is 14.2.